The zero-order valence-corrected chi connectivity index (χ0v) is 15.9. The van der Waals surface area contributed by atoms with Crippen LogP contribution in [0, 0.1) is 5.82 Å². The van der Waals surface area contributed by atoms with Crippen molar-refractivity contribution in [1.29, 1.82) is 0 Å². The minimum absolute atomic E-state index is 0.0857. The summed E-state index contributed by atoms with van der Waals surface area (Å²) in [6.07, 6.45) is -2.68. The SMILES string of the molecule is CC1(C)N[C@H](C(F)(F)F)CN(C2CCc3ccccc32)[C@H]1c1ccc(F)cc1. The first-order chi connectivity index (χ1) is 13.2. The van der Waals surface area contributed by atoms with E-state index in [1.807, 2.05) is 23.1 Å². The molecule has 1 N–H and O–H groups in total. The Morgan fingerprint density at radius 1 is 1.04 bits per heavy atom. The van der Waals surface area contributed by atoms with E-state index in [0.717, 1.165) is 24.0 Å². The average molecular weight is 392 g/mol. The van der Waals surface area contributed by atoms with E-state index in [9.17, 15) is 17.6 Å². The summed E-state index contributed by atoms with van der Waals surface area (Å²) < 4.78 is 54.5. The Balaban J connectivity index is 1.79. The van der Waals surface area contributed by atoms with Crippen LogP contribution in [0.4, 0.5) is 17.6 Å². The number of rotatable bonds is 2. The largest absolute Gasteiger partial charge is 0.405 e. The smallest absolute Gasteiger partial charge is 0.298 e. The molecule has 1 aliphatic carbocycles. The van der Waals surface area contributed by atoms with Crippen LogP contribution in [-0.2, 0) is 6.42 Å². The van der Waals surface area contributed by atoms with Gasteiger partial charge in [0.1, 0.15) is 11.9 Å². The maximum absolute atomic E-state index is 13.7. The number of nitrogens with one attached hydrogen (secondary N) is 1. The number of aryl methyl sites for hydroxylation is 1. The Morgan fingerprint density at radius 2 is 1.71 bits per heavy atom. The molecule has 1 fully saturated rings. The van der Waals surface area contributed by atoms with Crippen LogP contribution in [0.5, 0.6) is 0 Å². The van der Waals surface area contributed by atoms with Crippen molar-refractivity contribution in [3.63, 3.8) is 0 Å². The summed E-state index contributed by atoms with van der Waals surface area (Å²) in [4.78, 5) is 1.98. The van der Waals surface area contributed by atoms with E-state index in [0.29, 0.717) is 0 Å². The Morgan fingerprint density at radius 3 is 2.39 bits per heavy atom. The molecule has 1 heterocycles. The van der Waals surface area contributed by atoms with E-state index in [1.54, 1.807) is 26.0 Å². The highest BCUT2D eigenvalue weighted by Crippen LogP contribution is 2.46. The molecule has 6 heteroatoms. The summed E-state index contributed by atoms with van der Waals surface area (Å²) >= 11 is 0. The maximum Gasteiger partial charge on any atom is 0.405 e. The lowest BCUT2D eigenvalue weighted by molar-refractivity contribution is -0.183. The number of benzene rings is 2. The maximum atomic E-state index is 13.7. The van der Waals surface area contributed by atoms with Gasteiger partial charge in [-0.15, -0.1) is 0 Å². The third-order valence-corrected chi connectivity index (χ3v) is 6.04. The quantitative estimate of drug-likeness (QED) is 0.710. The van der Waals surface area contributed by atoms with Gasteiger partial charge >= 0.3 is 6.18 Å². The fraction of sp³-hybridized carbons (Fsp3) is 0.455. The van der Waals surface area contributed by atoms with Crippen molar-refractivity contribution in [2.24, 2.45) is 0 Å². The van der Waals surface area contributed by atoms with Crippen molar-refractivity contribution < 1.29 is 17.6 Å². The summed E-state index contributed by atoms with van der Waals surface area (Å²) in [5, 5.41) is 2.81. The molecule has 1 aliphatic heterocycles. The van der Waals surface area contributed by atoms with E-state index >= 15 is 0 Å². The fourth-order valence-electron chi connectivity index (χ4n) is 4.93. The molecule has 0 saturated carbocycles. The lowest BCUT2D eigenvalue weighted by atomic mass is 9.82. The van der Waals surface area contributed by atoms with Gasteiger partial charge in [0.15, 0.2) is 0 Å². The van der Waals surface area contributed by atoms with Gasteiger partial charge in [-0.1, -0.05) is 36.4 Å². The molecule has 3 atom stereocenters. The summed E-state index contributed by atoms with van der Waals surface area (Å²) in [6, 6.07) is 12.1. The predicted molar refractivity (Wildman–Crippen MR) is 100 cm³/mol. The molecule has 0 bridgehead atoms. The van der Waals surface area contributed by atoms with Crippen LogP contribution in [-0.4, -0.2) is 29.2 Å². The second-order valence-electron chi connectivity index (χ2n) is 8.36. The van der Waals surface area contributed by atoms with Gasteiger partial charge in [0.25, 0.3) is 0 Å². The predicted octanol–water partition coefficient (Wildman–Crippen LogP) is 5.17. The zero-order chi connectivity index (χ0) is 20.1. The number of nitrogens with zero attached hydrogens (tertiary/aromatic N) is 1. The van der Waals surface area contributed by atoms with Crippen molar-refractivity contribution in [1.82, 2.24) is 10.2 Å². The lowest BCUT2D eigenvalue weighted by Gasteiger charge is -2.53. The Hall–Kier alpha value is -1.92. The molecule has 0 aromatic heterocycles. The Kier molecular flexibility index (Phi) is 4.74. The molecular formula is C22H24F4N2. The van der Waals surface area contributed by atoms with Gasteiger partial charge in [0.05, 0.1) is 6.04 Å². The molecule has 0 spiro atoms. The van der Waals surface area contributed by atoms with Gasteiger partial charge in [-0.3, -0.25) is 10.2 Å². The van der Waals surface area contributed by atoms with Gasteiger partial charge in [0.2, 0.25) is 0 Å². The Labute approximate surface area is 162 Å². The topological polar surface area (TPSA) is 15.3 Å². The molecule has 0 amide bonds. The van der Waals surface area contributed by atoms with E-state index in [1.165, 1.54) is 17.7 Å². The highest BCUT2D eigenvalue weighted by molar-refractivity contribution is 5.36. The van der Waals surface area contributed by atoms with Crippen molar-refractivity contribution in [3.8, 4) is 0 Å². The molecule has 2 nitrogen and oxygen atoms in total. The summed E-state index contributed by atoms with van der Waals surface area (Å²) in [5.74, 6) is -0.351. The van der Waals surface area contributed by atoms with Crippen LogP contribution in [0.1, 0.15) is 49.0 Å². The molecule has 1 saturated heterocycles. The molecule has 1 unspecified atom stereocenters. The second kappa shape index (κ2) is 6.85. The summed E-state index contributed by atoms with van der Waals surface area (Å²) in [7, 11) is 0. The lowest BCUT2D eigenvalue weighted by Crippen LogP contribution is -2.67. The van der Waals surface area contributed by atoms with Crippen LogP contribution in [0.2, 0.25) is 0 Å². The average Bonchev–Trinajstić information content (AvgIpc) is 3.05. The summed E-state index contributed by atoms with van der Waals surface area (Å²) in [6.45, 7) is 3.47. The first-order valence-corrected chi connectivity index (χ1v) is 9.60. The number of hydrogen-bond donors (Lipinski definition) is 1. The van der Waals surface area contributed by atoms with Gasteiger partial charge in [-0.25, -0.2) is 4.39 Å². The van der Waals surface area contributed by atoms with E-state index in [-0.39, 0.29) is 24.4 Å². The first-order valence-electron chi connectivity index (χ1n) is 9.60. The molecule has 2 aliphatic rings. The highest BCUT2D eigenvalue weighted by Gasteiger charge is 2.53. The normalized spacial score (nSPS) is 27.6. The first kappa shape index (κ1) is 19.4. The second-order valence-corrected chi connectivity index (χ2v) is 8.36. The highest BCUT2D eigenvalue weighted by atomic mass is 19.4. The molecule has 150 valence electrons. The van der Waals surface area contributed by atoms with E-state index in [4.69, 9.17) is 0 Å². The zero-order valence-electron chi connectivity index (χ0n) is 15.9. The van der Waals surface area contributed by atoms with Gasteiger partial charge < -0.3 is 0 Å². The summed E-state index contributed by atoms with van der Waals surface area (Å²) in [5.41, 5.74) is 2.29. The van der Waals surface area contributed by atoms with Crippen molar-refractivity contribution in [2.45, 2.75) is 56.5 Å². The molecule has 2 aromatic carbocycles. The monoisotopic (exact) mass is 392 g/mol. The van der Waals surface area contributed by atoms with Crippen LogP contribution in [0.25, 0.3) is 0 Å². The number of piperazine rings is 1. The minimum atomic E-state index is -4.33. The number of alkyl halides is 3. The molecule has 2 aromatic rings. The molecule has 4 rings (SSSR count). The standard InChI is InChI=1S/C22H24F4N2/c1-21(2)20(15-7-10-16(23)11-8-15)28(13-19(27-21)22(24,25)26)18-12-9-14-5-3-4-6-17(14)18/h3-8,10-11,18-20,27H,9,12-13H2,1-2H3/t18?,19-,20-/m0/s1. The van der Waals surface area contributed by atoms with Gasteiger partial charge in [-0.05, 0) is 55.5 Å². The van der Waals surface area contributed by atoms with Crippen LogP contribution in [0.3, 0.4) is 0 Å². The van der Waals surface area contributed by atoms with Crippen LogP contribution < -0.4 is 5.32 Å². The number of hydrogen-bond acceptors (Lipinski definition) is 2. The third-order valence-electron chi connectivity index (χ3n) is 6.04. The van der Waals surface area contributed by atoms with Crippen molar-refractivity contribution in [2.75, 3.05) is 6.54 Å². The van der Waals surface area contributed by atoms with Gasteiger partial charge in [-0.2, -0.15) is 13.2 Å². The fourth-order valence-corrected chi connectivity index (χ4v) is 4.93. The van der Waals surface area contributed by atoms with Crippen molar-refractivity contribution >= 4 is 0 Å². The number of halogens is 4. The minimum Gasteiger partial charge on any atom is -0.298 e. The Bertz CT molecular complexity index is 844. The van der Waals surface area contributed by atoms with Crippen LogP contribution >= 0.6 is 0 Å². The van der Waals surface area contributed by atoms with E-state index < -0.39 is 17.8 Å². The van der Waals surface area contributed by atoms with Gasteiger partial charge in [0, 0.05) is 18.1 Å². The molecular weight excluding hydrogens is 368 g/mol. The number of fused-ring (bicyclic) bond motifs is 1. The van der Waals surface area contributed by atoms with Crippen LogP contribution in [0.15, 0.2) is 48.5 Å². The van der Waals surface area contributed by atoms with E-state index in [2.05, 4.69) is 11.4 Å². The third kappa shape index (κ3) is 3.44. The van der Waals surface area contributed by atoms with Crippen molar-refractivity contribution in [3.05, 3.63) is 71.0 Å². The molecule has 28 heavy (non-hydrogen) atoms. The molecule has 0 radical (unpaired) electrons.